The number of para-hydroxylation sites is 1. The van der Waals surface area contributed by atoms with Gasteiger partial charge in [-0.25, -0.2) is 4.79 Å². The highest BCUT2D eigenvalue weighted by Gasteiger charge is 2.37. The highest BCUT2D eigenvalue weighted by Crippen LogP contribution is 2.41. The third kappa shape index (κ3) is 8.96. The predicted molar refractivity (Wildman–Crippen MR) is 196 cm³/mol. The van der Waals surface area contributed by atoms with Crippen molar-refractivity contribution in [3.8, 4) is 28.7 Å². The smallest absolute Gasteiger partial charge is 0.372 e. The molecule has 272 valence electrons. The molecule has 10 heteroatoms. The van der Waals surface area contributed by atoms with Gasteiger partial charge in [-0.2, -0.15) is 4.57 Å². The lowest BCUT2D eigenvalue weighted by Crippen LogP contribution is -3.00. The van der Waals surface area contributed by atoms with E-state index in [4.69, 9.17) is 23.7 Å². The third-order valence-electron chi connectivity index (χ3n) is 8.66. The van der Waals surface area contributed by atoms with Crippen molar-refractivity contribution in [3.63, 3.8) is 0 Å². The number of hydrogen-bond acceptors (Lipinski definition) is 8. The van der Waals surface area contributed by atoms with Gasteiger partial charge in [-0.3, -0.25) is 4.79 Å². The van der Waals surface area contributed by atoms with Gasteiger partial charge in [-0.1, -0.05) is 78.9 Å². The summed E-state index contributed by atoms with van der Waals surface area (Å²) in [6.07, 6.45) is 1.75. The number of halogens is 1. The first-order valence-electron chi connectivity index (χ1n) is 16.9. The van der Waals surface area contributed by atoms with E-state index in [2.05, 4.69) is 0 Å². The largest absolute Gasteiger partial charge is 1.00 e. The van der Waals surface area contributed by atoms with Crippen LogP contribution in [0.4, 0.5) is 0 Å². The molecule has 9 nitrogen and oxygen atoms in total. The van der Waals surface area contributed by atoms with Crippen LogP contribution in [0.15, 0.2) is 128 Å². The maximum Gasteiger partial charge on any atom is 0.372 e. The lowest BCUT2D eigenvalue weighted by atomic mass is 9.84. The van der Waals surface area contributed by atoms with Gasteiger partial charge < -0.3 is 45.8 Å². The van der Waals surface area contributed by atoms with E-state index < -0.39 is 17.7 Å². The summed E-state index contributed by atoms with van der Waals surface area (Å²) < 4.78 is 31.1. The molecule has 0 saturated carbocycles. The van der Waals surface area contributed by atoms with Crippen LogP contribution >= 0.6 is 0 Å². The Hall–Kier alpha value is -5.87. The zero-order valence-corrected chi connectivity index (χ0v) is 31.2. The highest BCUT2D eigenvalue weighted by atomic mass is 79.9. The van der Waals surface area contributed by atoms with E-state index in [1.807, 2.05) is 78.9 Å². The van der Waals surface area contributed by atoms with Crippen LogP contribution in [-0.2, 0) is 29.3 Å². The van der Waals surface area contributed by atoms with Gasteiger partial charge in [0.25, 0.3) is 0 Å². The second-order valence-electron chi connectivity index (χ2n) is 12.0. The normalized spacial score (nSPS) is 11.2. The lowest BCUT2D eigenvalue weighted by molar-refractivity contribution is -0.692. The van der Waals surface area contributed by atoms with Gasteiger partial charge in [0.2, 0.25) is 12.2 Å². The first-order valence-corrected chi connectivity index (χ1v) is 16.9. The van der Waals surface area contributed by atoms with Crippen LogP contribution in [-0.4, -0.2) is 37.7 Å². The number of ketones is 1. The van der Waals surface area contributed by atoms with Crippen molar-refractivity contribution in [3.05, 3.63) is 155 Å². The predicted octanol–water partition coefficient (Wildman–Crippen LogP) is 4.59. The number of esters is 1. The van der Waals surface area contributed by atoms with Crippen molar-refractivity contribution >= 4 is 22.5 Å². The Morgan fingerprint density at radius 3 is 1.92 bits per heavy atom. The topological polar surface area (TPSA) is 104 Å². The van der Waals surface area contributed by atoms with Gasteiger partial charge >= 0.3 is 5.97 Å². The van der Waals surface area contributed by atoms with E-state index in [0.717, 1.165) is 16.5 Å². The monoisotopic (exact) mass is 777 g/mol. The molecule has 0 bridgehead atoms. The molecule has 0 fully saturated rings. The van der Waals surface area contributed by atoms with Crippen molar-refractivity contribution < 1.29 is 59.9 Å². The Bertz CT molecular complexity index is 2180. The summed E-state index contributed by atoms with van der Waals surface area (Å²) in [6.45, 7) is 2.39. The molecular formula is C43H40BrNO8. The summed E-state index contributed by atoms with van der Waals surface area (Å²) in [5.74, 6) is -0.223. The number of Topliss-reactive ketones (excluding diaryl/α,β-unsaturated/α-hetero) is 1. The number of phenols is 1. The number of ether oxygens (including phenoxy) is 5. The van der Waals surface area contributed by atoms with Crippen LogP contribution in [0.3, 0.4) is 0 Å². The molecule has 0 saturated heterocycles. The van der Waals surface area contributed by atoms with Crippen molar-refractivity contribution in [1.82, 2.24) is 0 Å². The Morgan fingerprint density at radius 1 is 0.698 bits per heavy atom. The first kappa shape index (κ1) is 38.4. The molecule has 53 heavy (non-hydrogen) atoms. The van der Waals surface area contributed by atoms with Gasteiger partial charge in [-0.05, 0) is 65.4 Å². The van der Waals surface area contributed by atoms with Crippen LogP contribution < -0.4 is 40.5 Å². The molecule has 1 heterocycles. The maximum absolute atomic E-state index is 14.8. The molecular weight excluding hydrogens is 738 g/mol. The number of methoxy groups -OCH3 is 2. The number of pyridine rings is 1. The summed E-state index contributed by atoms with van der Waals surface area (Å²) >= 11 is 0. The zero-order chi connectivity index (χ0) is 36.5. The van der Waals surface area contributed by atoms with Gasteiger partial charge in [0, 0.05) is 6.07 Å². The first-order chi connectivity index (χ1) is 25.4. The second kappa shape index (κ2) is 18.1. The number of nitrogens with zero attached hydrogens (tertiary/aromatic N) is 1. The van der Waals surface area contributed by atoms with E-state index in [0.29, 0.717) is 52.9 Å². The van der Waals surface area contributed by atoms with E-state index in [9.17, 15) is 14.7 Å². The van der Waals surface area contributed by atoms with E-state index in [1.165, 1.54) is 13.2 Å². The summed E-state index contributed by atoms with van der Waals surface area (Å²) in [7, 11) is 3.09. The molecule has 1 unspecified atom stereocenters. The molecule has 1 N–H and O–H groups in total. The molecule has 1 atom stereocenters. The zero-order valence-electron chi connectivity index (χ0n) is 29.7. The molecule has 0 aliphatic carbocycles. The minimum absolute atomic E-state index is 0. The number of aromatic nitrogens is 1. The average molecular weight is 779 g/mol. The SMILES string of the molecule is CCOC(=O)C[n+]1ccc2cc(OCc3ccccc3)c(OC)cc2c1C(C(=O)c1ccccc1O)c1ccc(OCc2ccccc2)c(OC)c1.[Br-]. The van der Waals surface area contributed by atoms with Gasteiger partial charge in [-0.15, -0.1) is 0 Å². The molecule has 6 rings (SSSR count). The second-order valence-corrected chi connectivity index (χ2v) is 12.0. The fourth-order valence-corrected chi connectivity index (χ4v) is 6.14. The number of phenolic OH excluding ortho intramolecular Hbond substituents is 1. The Labute approximate surface area is 319 Å². The Morgan fingerprint density at radius 2 is 1.30 bits per heavy atom. The van der Waals surface area contributed by atoms with Crippen LogP contribution in [0.5, 0.6) is 28.7 Å². The molecule has 1 aromatic heterocycles. The van der Waals surface area contributed by atoms with Gasteiger partial charge in [0.05, 0.1) is 31.8 Å². The fraction of sp³-hybridized carbons (Fsp3) is 0.186. The van der Waals surface area contributed by atoms with Crippen LogP contribution in [0.1, 0.15) is 45.6 Å². The number of benzene rings is 5. The van der Waals surface area contributed by atoms with E-state index >= 15 is 0 Å². The van der Waals surface area contributed by atoms with Gasteiger partial charge in [0.1, 0.15) is 24.9 Å². The number of rotatable bonds is 15. The van der Waals surface area contributed by atoms with Crippen molar-refractivity contribution in [2.45, 2.75) is 32.6 Å². The number of fused-ring (bicyclic) bond motifs is 1. The molecule has 6 aromatic rings. The number of hydrogen-bond donors (Lipinski definition) is 1. The molecule has 0 amide bonds. The van der Waals surface area contributed by atoms with Gasteiger partial charge in [0.15, 0.2) is 35.0 Å². The average Bonchev–Trinajstić information content (AvgIpc) is 3.17. The van der Waals surface area contributed by atoms with Crippen LogP contribution in [0, 0.1) is 0 Å². The van der Waals surface area contributed by atoms with E-state index in [-0.39, 0.29) is 41.4 Å². The summed E-state index contributed by atoms with van der Waals surface area (Å²) in [4.78, 5) is 27.9. The Balaban J connectivity index is 0.00000541. The molecule has 0 aliphatic heterocycles. The quantitative estimate of drug-likeness (QED) is 0.0919. The maximum atomic E-state index is 14.8. The minimum atomic E-state index is -1.04. The lowest BCUT2D eigenvalue weighted by Gasteiger charge is -2.20. The number of carbonyl (C=O) groups excluding carboxylic acids is 2. The van der Waals surface area contributed by atoms with Crippen molar-refractivity contribution in [2.24, 2.45) is 0 Å². The van der Waals surface area contributed by atoms with Crippen molar-refractivity contribution in [1.29, 1.82) is 0 Å². The number of carbonyl (C=O) groups is 2. The number of aromatic hydroxyl groups is 1. The summed E-state index contributed by atoms with van der Waals surface area (Å²) in [5.41, 5.74) is 3.12. The van der Waals surface area contributed by atoms with E-state index in [1.54, 1.807) is 61.2 Å². The molecule has 5 aromatic carbocycles. The van der Waals surface area contributed by atoms with Crippen LogP contribution in [0.25, 0.3) is 10.8 Å². The van der Waals surface area contributed by atoms with Crippen LogP contribution in [0.2, 0.25) is 0 Å². The van der Waals surface area contributed by atoms with Crippen molar-refractivity contribution in [2.75, 3.05) is 20.8 Å². The standard InChI is InChI=1S/C43H39NO8.BrH/c1-4-50-40(46)26-44-22-21-31-23-39(52-28-30-15-9-6-10-16-30)38(49-3)25-34(31)42(44)41(43(47)33-17-11-12-18-35(33)45)32-19-20-36(37(24-32)48-2)51-27-29-13-7-5-8-14-29;/h5-25,41H,4,26-28H2,1-3H3;1H. The minimum Gasteiger partial charge on any atom is -1.00 e. The molecule has 0 aliphatic rings. The molecule has 0 spiro atoms. The fourth-order valence-electron chi connectivity index (χ4n) is 6.14. The summed E-state index contributed by atoms with van der Waals surface area (Å²) in [6, 6.07) is 36.8. The Kier molecular flexibility index (Phi) is 13.1. The summed E-state index contributed by atoms with van der Waals surface area (Å²) in [5, 5.41) is 12.3. The third-order valence-corrected chi connectivity index (χ3v) is 8.66. The molecule has 0 radical (unpaired) electrons. The highest BCUT2D eigenvalue weighted by molar-refractivity contribution is 6.06.